The van der Waals surface area contributed by atoms with Crippen LogP contribution >= 0.6 is 0 Å². The van der Waals surface area contributed by atoms with Crippen molar-refractivity contribution in [1.29, 1.82) is 0 Å². The van der Waals surface area contributed by atoms with Gasteiger partial charge in [-0.1, -0.05) is 12.1 Å². The van der Waals surface area contributed by atoms with Crippen molar-refractivity contribution in [2.45, 2.75) is 19.5 Å². The molecule has 20 heavy (non-hydrogen) atoms. The molecule has 0 aromatic heterocycles. The Hall–Kier alpha value is -1.69. The highest BCUT2D eigenvalue weighted by Crippen LogP contribution is 2.30. The molecule has 1 aliphatic heterocycles. The van der Waals surface area contributed by atoms with Gasteiger partial charge in [-0.15, -0.1) is 0 Å². The maximum absolute atomic E-state index is 12.1. The Balaban J connectivity index is 2.08. The van der Waals surface area contributed by atoms with Crippen molar-refractivity contribution in [2.24, 2.45) is 5.92 Å². The molecule has 1 aliphatic rings. The van der Waals surface area contributed by atoms with Gasteiger partial charge in [-0.2, -0.15) is 8.78 Å². The number of benzene rings is 1. The third kappa shape index (κ3) is 3.45. The molecule has 0 saturated carbocycles. The van der Waals surface area contributed by atoms with Gasteiger partial charge in [0.05, 0.1) is 12.5 Å². The fourth-order valence-electron chi connectivity index (χ4n) is 2.42. The summed E-state index contributed by atoms with van der Waals surface area (Å²) in [5.74, 6) is -0.357. The second-order valence-electron chi connectivity index (χ2n) is 4.57. The monoisotopic (exact) mass is 285 g/mol. The van der Waals surface area contributed by atoms with Crippen LogP contribution in [0.3, 0.4) is 0 Å². The molecule has 1 aromatic carbocycles. The van der Waals surface area contributed by atoms with Crippen LogP contribution in [0.5, 0.6) is 5.75 Å². The lowest BCUT2D eigenvalue weighted by atomic mass is 9.89. The first-order chi connectivity index (χ1) is 9.61. The largest absolute Gasteiger partial charge is 0.466 e. The molecule has 2 atom stereocenters. The molecule has 0 bridgehead atoms. The molecule has 1 aromatic rings. The van der Waals surface area contributed by atoms with Crippen LogP contribution in [-0.2, 0) is 9.53 Å². The van der Waals surface area contributed by atoms with Crippen LogP contribution < -0.4 is 10.1 Å². The number of nitrogens with one attached hydrogen (secondary N) is 1. The molecular weight excluding hydrogens is 268 g/mol. The fraction of sp³-hybridized carbons (Fsp3) is 0.500. The predicted molar refractivity (Wildman–Crippen MR) is 68.8 cm³/mol. The van der Waals surface area contributed by atoms with Crippen LogP contribution in [0.25, 0.3) is 0 Å². The molecule has 110 valence electrons. The number of hydrogen-bond acceptors (Lipinski definition) is 4. The molecule has 0 amide bonds. The third-order valence-electron chi connectivity index (χ3n) is 3.34. The van der Waals surface area contributed by atoms with Gasteiger partial charge in [0, 0.05) is 19.0 Å². The minimum atomic E-state index is -2.83. The van der Waals surface area contributed by atoms with Gasteiger partial charge < -0.3 is 14.8 Å². The summed E-state index contributed by atoms with van der Waals surface area (Å²) in [7, 11) is 0. The SMILES string of the molecule is CCOC(=O)C1CNCC1c1ccc(OC(F)F)cc1. The maximum Gasteiger partial charge on any atom is 0.387 e. The summed E-state index contributed by atoms with van der Waals surface area (Å²) >= 11 is 0. The minimum absolute atomic E-state index is 0.00495. The van der Waals surface area contributed by atoms with Crippen molar-refractivity contribution in [3.05, 3.63) is 29.8 Å². The molecule has 2 rings (SSSR count). The van der Waals surface area contributed by atoms with Crippen molar-refractivity contribution >= 4 is 5.97 Å². The van der Waals surface area contributed by atoms with E-state index in [1.54, 1.807) is 19.1 Å². The van der Waals surface area contributed by atoms with Gasteiger partial charge in [-0.3, -0.25) is 4.79 Å². The van der Waals surface area contributed by atoms with Crippen LogP contribution in [0, 0.1) is 5.92 Å². The van der Waals surface area contributed by atoms with Crippen LogP contribution in [0.1, 0.15) is 18.4 Å². The average Bonchev–Trinajstić information content (AvgIpc) is 2.88. The van der Waals surface area contributed by atoms with Crippen LogP contribution in [0.2, 0.25) is 0 Å². The Morgan fingerprint density at radius 1 is 1.35 bits per heavy atom. The summed E-state index contributed by atoms with van der Waals surface area (Å²) in [6, 6.07) is 6.40. The van der Waals surface area contributed by atoms with Crippen molar-refractivity contribution in [3.8, 4) is 5.75 Å². The van der Waals surface area contributed by atoms with Gasteiger partial charge in [0.25, 0.3) is 0 Å². The molecule has 0 aliphatic carbocycles. The Morgan fingerprint density at radius 2 is 2.05 bits per heavy atom. The van der Waals surface area contributed by atoms with Gasteiger partial charge >= 0.3 is 12.6 Å². The zero-order valence-corrected chi connectivity index (χ0v) is 11.1. The molecule has 4 nitrogen and oxygen atoms in total. The van der Waals surface area contributed by atoms with E-state index >= 15 is 0 Å². The van der Waals surface area contributed by atoms with E-state index in [0.717, 1.165) is 5.56 Å². The number of carbonyl (C=O) groups is 1. The number of carbonyl (C=O) groups excluding carboxylic acids is 1. The number of alkyl halides is 2. The van der Waals surface area contributed by atoms with E-state index in [1.807, 2.05) is 0 Å². The molecule has 6 heteroatoms. The second kappa shape index (κ2) is 6.65. The average molecular weight is 285 g/mol. The zero-order chi connectivity index (χ0) is 14.5. The second-order valence-corrected chi connectivity index (χ2v) is 4.57. The van der Waals surface area contributed by atoms with Crippen molar-refractivity contribution in [2.75, 3.05) is 19.7 Å². The van der Waals surface area contributed by atoms with E-state index in [0.29, 0.717) is 19.7 Å². The standard InChI is InChI=1S/C14H17F2NO3/c1-2-19-13(18)12-8-17-7-11(12)9-3-5-10(6-4-9)20-14(15)16/h3-6,11-12,14,17H,2,7-8H2,1H3. The van der Waals surface area contributed by atoms with Crippen molar-refractivity contribution < 1.29 is 23.0 Å². The van der Waals surface area contributed by atoms with Gasteiger partial charge in [0.15, 0.2) is 0 Å². The highest BCUT2D eigenvalue weighted by atomic mass is 19.3. The van der Waals surface area contributed by atoms with Gasteiger partial charge in [0.1, 0.15) is 5.75 Å². The minimum Gasteiger partial charge on any atom is -0.466 e. The smallest absolute Gasteiger partial charge is 0.387 e. The van der Waals surface area contributed by atoms with E-state index in [9.17, 15) is 13.6 Å². The first-order valence-electron chi connectivity index (χ1n) is 6.54. The van der Waals surface area contributed by atoms with Crippen LogP contribution in [0.15, 0.2) is 24.3 Å². The lowest BCUT2D eigenvalue weighted by molar-refractivity contribution is -0.147. The number of halogens is 2. The maximum atomic E-state index is 12.1. The molecular formula is C14H17F2NO3. The first kappa shape index (κ1) is 14.7. The van der Waals surface area contributed by atoms with Crippen molar-refractivity contribution in [1.82, 2.24) is 5.32 Å². The number of ether oxygens (including phenoxy) is 2. The summed E-state index contributed by atoms with van der Waals surface area (Å²) < 4.78 is 33.5. The lowest BCUT2D eigenvalue weighted by Crippen LogP contribution is -2.24. The van der Waals surface area contributed by atoms with E-state index in [2.05, 4.69) is 10.1 Å². The summed E-state index contributed by atoms with van der Waals surface area (Å²) in [6.45, 7) is 0.521. The van der Waals surface area contributed by atoms with E-state index in [-0.39, 0.29) is 23.6 Å². The highest BCUT2D eigenvalue weighted by Gasteiger charge is 2.34. The molecule has 1 heterocycles. The summed E-state index contributed by atoms with van der Waals surface area (Å²) in [4.78, 5) is 11.9. The van der Waals surface area contributed by atoms with Crippen LogP contribution in [0.4, 0.5) is 8.78 Å². The Labute approximate surface area is 116 Å². The normalized spacial score (nSPS) is 22.0. The Morgan fingerprint density at radius 3 is 2.65 bits per heavy atom. The molecule has 1 fully saturated rings. The molecule has 1 saturated heterocycles. The summed E-state index contributed by atoms with van der Waals surface area (Å²) in [5, 5.41) is 3.15. The molecule has 0 spiro atoms. The van der Waals surface area contributed by atoms with Crippen molar-refractivity contribution in [3.63, 3.8) is 0 Å². The topological polar surface area (TPSA) is 47.6 Å². The zero-order valence-electron chi connectivity index (χ0n) is 11.1. The van der Waals surface area contributed by atoms with E-state index in [1.165, 1.54) is 12.1 Å². The first-order valence-corrected chi connectivity index (χ1v) is 6.54. The summed E-state index contributed by atoms with van der Waals surface area (Å²) in [5.41, 5.74) is 0.912. The van der Waals surface area contributed by atoms with Gasteiger partial charge in [0.2, 0.25) is 0 Å². The van der Waals surface area contributed by atoms with Gasteiger partial charge in [-0.25, -0.2) is 0 Å². The lowest BCUT2D eigenvalue weighted by Gasteiger charge is -2.17. The number of rotatable bonds is 5. The summed E-state index contributed by atoms with van der Waals surface area (Å²) in [6.07, 6.45) is 0. The molecule has 2 unspecified atom stereocenters. The highest BCUT2D eigenvalue weighted by molar-refractivity contribution is 5.74. The van der Waals surface area contributed by atoms with Crippen LogP contribution in [-0.4, -0.2) is 32.3 Å². The molecule has 0 radical (unpaired) electrons. The number of hydrogen-bond donors (Lipinski definition) is 1. The Kier molecular flexibility index (Phi) is 4.89. The Bertz CT molecular complexity index is 450. The number of esters is 1. The quantitative estimate of drug-likeness (QED) is 0.842. The predicted octanol–water partition coefficient (Wildman–Crippen LogP) is 2.15. The third-order valence-corrected chi connectivity index (χ3v) is 3.34. The van der Waals surface area contributed by atoms with E-state index in [4.69, 9.17) is 4.74 Å². The fourth-order valence-corrected chi connectivity index (χ4v) is 2.42. The molecule has 1 N–H and O–H groups in total. The van der Waals surface area contributed by atoms with E-state index < -0.39 is 6.61 Å². The van der Waals surface area contributed by atoms with Gasteiger partial charge in [-0.05, 0) is 24.6 Å².